The van der Waals surface area contributed by atoms with Crippen molar-refractivity contribution in [2.24, 2.45) is 0 Å². The van der Waals surface area contributed by atoms with Crippen LogP contribution in [0.1, 0.15) is 11.6 Å². The molecule has 1 saturated heterocycles. The van der Waals surface area contributed by atoms with E-state index in [-0.39, 0.29) is 18.6 Å². The second-order valence-corrected chi connectivity index (χ2v) is 9.13. The number of rotatable bonds is 10. The third kappa shape index (κ3) is 6.70. The van der Waals surface area contributed by atoms with Crippen LogP contribution in [0, 0.1) is 0 Å². The number of amides is 1. The molecule has 0 saturated carbocycles. The molecule has 3 aromatic rings. The third-order valence-electron chi connectivity index (χ3n) is 6.57. The molecule has 0 radical (unpaired) electrons. The van der Waals surface area contributed by atoms with Gasteiger partial charge in [0.25, 0.3) is 5.91 Å². The van der Waals surface area contributed by atoms with E-state index in [1.54, 1.807) is 13.2 Å². The Morgan fingerprint density at radius 2 is 1.61 bits per heavy atom. The fourth-order valence-corrected chi connectivity index (χ4v) is 4.48. The van der Waals surface area contributed by atoms with Crippen LogP contribution < -0.4 is 24.6 Å². The van der Waals surface area contributed by atoms with Gasteiger partial charge in [0.05, 0.1) is 13.2 Å². The SMILES string of the molecule is COc1cccc(OCC(=O)NC[C@@H](c2ccc(N(C)C)cc2)N2CCN(c3ccccc3)CC2)c1. The van der Waals surface area contributed by atoms with Crippen LogP contribution >= 0.6 is 0 Å². The highest BCUT2D eigenvalue weighted by Gasteiger charge is 2.26. The minimum absolute atomic E-state index is 0.0404. The maximum Gasteiger partial charge on any atom is 0.258 e. The minimum atomic E-state index is -0.143. The zero-order valence-electron chi connectivity index (χ0n) is 21.4. The molecule has 1 fully saturated rings. The smallest absolute Gasteiger partial charge is 0.258 e. The number of piperazine rings is 1. The van der Waals surface area contributed by atoms with Crippen LogP contribution in [0.5, 0.6) is 11.5 Å². The molecule has 36 heavy (non-hydrogen) atoms. The Bertz CT molecular complexity index is 1100. The van der Waals surface area contributed by atoms with E-state index in [4.69, 9.17) is 9.47 Å². The number of benzene rings is 3. The van der Waals surface area contributed by atoms with Gasteiger partial charge < -0.3 is 24.6 Å². The maximum atomic E-state index is 12.7. The number of hydrogen-bond donors (Lipinski definition) is 1. The maximum absolute atomic E-state index is 12.7. The summed E-state index contributed by atoms with van der Waals surface area (Å²) in [5, 5.41) is 3.10. The molecule has 7 nitrogen and oxygen atoms in total. The summed E-state index contributed by atoms with van der Waals surface area (Å²) < 4.78 is 10.9. The van der Waals surface area contributed by atoms with Crippen LogP contribution in [0.15, 0.2) is 78.9 Å². The van der Waals surface area contributed by atoms with Crippen molar-refractivity contribution in [3.63, 3.8) is 0 Å². The fraction of sp³-hybridized carbons (Fsp3) is 0.345. The summed E-state index contributed by atoms with van der Waals surface area (Å²) in [6, 6.07) is 26.5. The number of hydrogen-bond acceptors (Lipinski definition) is 6. The lowest BCUT2D eigenvalue weighted by Gasteiger charge is -2.40. The van der Waals surface area contributed by atoms with Gasteiger partial charge in [-0.25, -0.2) is 0 Å². The lowest BCUT2D eigenvalue weighted by Crippen LogP contribution is -2.50. The Hall–Kier alpha value is -3.71. The van der Waals surface area contributed by atoms with Crippen LogP contribution in [0.4, 0.5) is 11.4 Å². The first kappa shape index (κ1) is 25.4. The molecule has 1 aliphatic rings. The molecule has 1 aliphatic heterocycles. The van der Waals surface area contributed by atoms with E-state index in [1.165, 1.54) is 11.3 Å². The lowest BCUT2D eigenvalue weighted by atomic mass is 10.0. The minimum Gasteiger partial charge on any atom is -0.497 e. The lowest BCUT2D eigenvalue weighted by molar-refractivity contribution is -0.123. The average molecular weight is 489 g/mol. The summed E-state index contributed by atoms with van der Waals surface area (Å²) in [5.74, 6) is 1.16. The molecule has 1 heterocycles. The van der Waals surface area contributed by atoms with Gasteiger partial charge in [-0.05, 0) is 42.0 Å². The molecule has 190 valence electrons. The van der Waals surface area contributed by atoms with Gasteiger partial charge in [-0.15, -0.1) is 0 Å². The highest BCUT2D eigenvalue weighted by atomic mass is 16.5. The third-order valence-corrected chi connectivity index (χ3v) is 6.57. The van der Waals surface area contributed by atoms with Crippen molar-refractivity contribution >= 4 is 17.3 Å². The van der Waals surface area contributed by atoms with E-state index in [1.807, 2.05) is 38.4 Å². The topological polar surface area (TPSA) is 57.3 Å². The van der Waals surface area contributed by atoms with E-state index in [0.717, 1.165) is 31.9 Å². The number of carbonyl (C=O) groups is 1. The van der Waals surface area contributed by atoms with Gasteiger partial charge in [-0.3, -0.25) is 9.69 Å². The van der Waals surface area contributed by atoms with Crippen molar-refractivity contribution < 1.29 is 14.3 Å². The normalized spacial score (nSPS) is 14.7. The Labute approximate surface area is 214 Å². The molecule has 0 bridgehead atoms. The van der Waals surface area contributed by atoms with E-state index < -0.39 is 0 Å². The van der Waals surface area contributed by atoms with Crippen LogP contribution in [-0.4, -0.2) is 71.3 Å². The van der Waals surface area contributed by atoms with E-state index in [2.05, 4.69) is 68.5 Å². The number of nitrogens with zero attached hydrogens (tertiary/aromatic N) is 3. The van der Waals surface area contributed by atoms with Gasteiger partial charge in [0.15, 0.2) is 6.61 Å². The molecule has 1 N–H and O–H groups in total. The van der Waals surface area contributed by atoms with Gasteiger partial charge >= 0.3 is 0 Å². The summed E-state index contributed by atoms with van der Waals surface area (Å²) in [6.07, 6.45) is 0. The number of carbonyl (C=O) groups excluding carboxylic acids is 1. The summed E-state index contributed by atoms with van der Waals surface area (Å²) in [4.78, 5) is 19.6. The standard InChI is InChI=1S/C29H36N4O3/c1-31(2)24-14-12-23(13-15-24)28(33-18-16-32(17-19-33)25-8-5-4-6-9-25)21-30-29(34)22-36-27-11-7-10-26(20-27)35-3/h4-15,20,28H,16-19,21-22H2,1-3H3,(H,30,34)/t28-/m0/s1. The van der Waals surface area contributed by atoms with E-state index >= 15 is 0 Å². The molecular formula is C29H36N4O3. The van der Waals surface area contributed by atoms with Crippen molar-refractivity contribution in [2.45, 2.75) is 6.04 Å². The summed E-state index contributed by atoms with van der Waals surface area (Å²) in [7, 11) is 5.69. The van der Waals surface area contributed by atoms with Crippen molar-refractivity contribution in [1.29, 1.82) is 0 Å². The van der Waals surface area contributed by atoms with Gasteiger partial charge in [0.2, 0.25) is 0 Å². The summed E-state index contributed by atoms with van der Waals surface area (Å²) in [5.41, 5.74) is 3.61. The van der Waals surface area contributed by atoms with Crippen molar-refractivity contribution in [3.8, 4) is 11.5 Å². The number of ether oxygens (including phenoxy) is 2. The van der Waals surface area contributed by atoms with Gasteiger partial charge in [0, 0.05) is 64.3 Å². The molecule has 1 atom stereocenters. The molecule has 0 aliphatic carbocycles. The fourth-order valence-electron chi connectivity index (χ4n) is 4.48. The zero-order chi connectivity index (χ0) is 25.3. The van der Waals surface area contributed by atoms with Crippen molar-refractivity contribution in [1.82, 2.24) is 10.2 Å². The highest BCUT2D eigenvalue weighted by molar-refractivity contribution is 5.77. The Kier molecular flexibility index (Phi) is 8.68. The zero-order valence-corrected chi connectivity index (χ0v) is 21.4. The molecule has 4 rings (SSSR count). The first-order valence-electron chi connectivity index (χ1n) is 12.4. The quantitative estimate of drug-likeness (QED) is 0.468. The Balaban J connectivity index is 1.39. The van der Waals surface area contributed by atoms with Crippen LogP contribution in [0.25, 0.3) is 0 Å². The van der Waals surface area contributed by atoms with Gasteiger partial charge in [0.1, 0.15) is 11.5 Å². The van der Waals surface area contributed by atoms with Crippen LogP contribution in [0.2, 0.25) is 0 Å². The average Bonchev–Trinajstić information content (AvgIpc) is 2.93. The van der Waals surface area contributed by atoms with Crippen LogP contribution in [-0.2, 0) is 4.79 Å². The molecule has 1 amide bonds. The highest BCUT2D eigenvalue weighted by Crippen LogP contribution is 2.26. The number of para-hydroxylation sites is 1. The predicted molar refractivity (Wildman–Crippen MR) is 145 cm³/mol. The first-order valence-corrected chi connectivity index (χ1v) is 12.4. The Morgan fingerprint density at radius 1 is 0.917 bits per heavy atom. The van der Waals surface area contributed by atoms with E-state index in [9.17, 15) is 4.79 Å². The molecule has 0 unspecified atom stereocenters. The second-order valence-electron chi connectivity index (χ2n) is 9.13. The number of nitrogens with one attached hydrogen (secondary N) is 1. The summed E-state index contributed by atoms with van der Waals surface area (Å²) in [6.45, 7) is 4.22. The second kappa shape index (κ2) is 12.3. The van der Waals surface area contributed by atoms with E-state index in [0.29, 0.717) is 18.0 Å². The van der Waals surface area contributed by atoms with Crippen molar-refractivity contribution in [2.75, 3.05) is 70.3 Å². The van der Waals surface area contributed by atoms with Crippen LogP contribution in [0.3, 0.4) is 0 Å². The molecule has 0 aromatic heterocycles. The summed E-state index contributed by atoms with van der Waals surface area (Å²) >= 11 is 0. The first-order chi connectivity index (χ1) is 17.5. The van der Waals surface area contributed by atoms with Crippen molar-refractivity contribution in [3.05, 3.63) is 84.4 Å². The Morgan fingerprint density at radius 3 is 2.28 bits per heavy atom. The van der Waals surface area contributed by atoms with Gasteiger partial charge in [-0.1, -0.05) is 36.4 Å². The predicted octanol–water partition coefficient (Wildman–Crippen LogP) is 3.82. The molecule has 7 heteroatoms. The molecule has 3 aromatic carbocycles. The molecule has 0 spiro atoms. The van der Waals surface area contributed by atoms with Gasteiger partial charge in [-0.2, -0.15) is 0 Å². The largest absolute Gasteiger partial charge is 0.497 e. The number of methoxy groups -OCH3 is 1. The monoisotopic (exact) mass is 488 g/mol. The molecular weight excluding hydrogens is 452 g/mol. The number of anilines is 2.